The van der Waals surface area contributed by atoms with Gasteiger partial charge in [0.15, 0.2) is 9.84 Å². The number of hydrogen-bond acceptors (Lipinski definition) is 4. The number of aryl methyl sites for hydroxylation is 2. The summed E-state index contributed by atoms with van der Waals surface area (Å²) in [7, 11) is -3.19. The first-order chi connectivity index (χ1) is 8.63. The van der Waals surface area contributed by atoms with Gasteiger partial charge < -0.3 is 5.73 Å². The summed E-state index contributed by atoms with van der Waals surface area (Å²) in [5.41, 5.74) is 8.14. The molecule has 0 spiro atoms. The molecule has 1 rings (SSSR count). The first-order valence-corrected chi connectivity index (χ1v) is 8.53. The van der Waals surface area contributed by atoms with Crippen molar-refractivity contribution < 1.29 is 8.42 Å². The molecule has 0 radical (unpaired) electrons. The zero-order valence-corrected chi connectivity index (χ0v) is 13.3. The number of nitrogens with two attached hydrogens (primary N) is 1. The van der Waals surface area contributed by atoms with Gasteiger partial charge in [-0.25, -0.2) is 8.42 Å². The molecule has 0 fully saturated rings. The lowest BCUT2D eigenvalue weighted by molar-refractivity contribution is 0.468. The van der Waals surface area contributed by atoms with E-state index < -0.39 is 20.6 Å². The van der Waals surface area contributed by atoms with Crippen molar-refractivity contribution in [3.8, 4) is 0 Å². The molecule has 19 heavy (non-hydrogen) atoms. The average molecular weight is 287 g/mol. The average Bonchev–Trinajstić information content (AvgIpc) is 2.69. The molecule has 0 aliphatic heterocycles. The Morgan fingerprint density at radius 3 is 2.42 bits per heavy atom. The molecule has 0 aliphatic rings. The summed E-state index contributed by atoms with van der Waals surface area (Å²) in [6.45, 7) is 8.19. The van der Waals surface area contributed by atoms with Crippen molar-refractivity contribution in [3.05, 3.63) is 17.5 Å². The molecular weight excluding hydrogens is 262 g/mol. The maximum atomic E-state index is 11.8. The molecule has 1 aromatic heterocycles. The molecule has 0 saturated heterocycles. The molecule has 5 nitrogen and oxygen atoms in total. The van der Waals surface area contributed by atoms with Crippen molar-refractivity contribution in [2.45, 2.75) is 57.9 Å². The number of aromatic nitrogens is 2. The van der Waals surface area contributed by atoms with Crippen molar-refractivity contribution in [1.82, 2.24) is 9.78 Å². The van der Waals surface area contributed by atoms with Gasteiger partial charge in [0.25, 0.3) is 0 Å². The molecule has 1 aromatic rings. The van der Waals surface area contributed by atoms with E-state index in [1.807, 2.05) is 24.6 Å². The van der Waals surface area contributed by atoms with Crippen LogP contribution in [0.25, 0.3) is 0 Å². The standard InChI is InChI=1S/C13H25N3O2S/c1-6-10-8-11(16(7-2)15-10)9-12(14)13(3,4)19(5,17)18/h8,12H,6-7,9,14H2,1-5H3. The van der Waals surface area contributed by atoms with Crippen LogP contribution in [-0.4, -0.2) is 35.2 Å². The van der Waals surface area contributed by atoms with E-state index in [0.29, 0.717) is 6.42 Å². The highest BCUT2D eigenvalue weighted by Gasteiger charge is 2.37. The second-order valence-electron chi connectivity index (χ2n) is 5.48. The van der Waals surface area contributed by atoms with Crippen LogP contribution < -0.4 is 5.73 Å². The van der Waals surface area contributed by atoms with Crippen LogP contribution in [-0.2, 0) is 29.2 Å². The molecule has 1 unspecified atom stereocenters. The lowest BCUT2D eigenvalue weighted by Gasteiger charge is -2.29. The summed E-state index contributed by atoms with van der Waals surface area (Å²) < 4.78 is 24.6. The van der Waals surface area contributed by atoms with Crippen molar-refractivity contribution >= 4 is 9.84 Å². The van der Waals surface area contributed by atoms with Crippen molar-refractivity contribution in [2.75, 3.05) is 6.26 Å². The van der Waals surface area contributed by atoms with Crippen molar-refractivity contribution in [1.29, 1.82) is 0 Å². The molecule has 110 valence electrons. The van der Waals surface area contributed by atoms with Gasteiger partial charge in [0.05, 0.1) is 10.4 Å². The van der Waals surface area contributed by atoms with Crippen LogP contribution in [0.1, 0.15) is 39.1 Å². The Bertz CT molecular complexity index is 532. The molecular formula is C13H25N3O2S. The SMILES string of the molecule is CCc1cc(CC(N)C(C)(C)S(C)(=O)=O)n(CC)n1. The Hall–Kier alpha value is -0.880. The molecule has 0 amide bonds. The molecule has 0 bridgehead atoms. The highest BCUT2D eigenvalue weighted by atomic mass is 32.2. The largest absolute Gasteiger partial charge is 0.326 e. The van der Waals surface area contributed by atoms with Crippen LogP contribution in [0.4, 0.5) is 0 Å². The van der Waals surface area contributed by atoms with Crippen LogP contribution in [0.3, 0.4) is 0 Å². The molecule has 1 atom stereocenters. The van der Waals surface area contributed by atoms with Gasteiger partial charge in [0, 0.05) is 31.0 Å². The van der Waals surface area contributed by atoms with Gasteiger partial charge in [-0.05, 0) is 33.3 Å². The Morgan fingerprint density at radius 1 is 1.42 bits per heavy atom. The maximum Gasteiger partial charge on any atom is 0.154 e. The Morgan fingerprint density at radius 2 is 2.00 bits per heavy atom. The molecule has 1 heterocycles. The van der Waals surface area contributed by atoms with Crippen LogP contribution in [0, 0.1) is 0 Å². The number of rotatable bonds is 6. The summed E-state index contributed by atoms with van der Waals surface area (Å²) in [5.74, 6) is 0. The highest BCUT2D eigenvalue weighted by molar-refractivity contribution is 7.92. The van der Waals surface area contributed by atoms with Gasteiger partial charge in [-0.3, -0.25) is 4.68 Å². The molecule has 6 heteroatoms. The summed E-state index contributed by atoms with van der Waals surface area (Å²) >= 11 is 0. The molecule has 0 aliphatic carbocycles. The minimum absolute atomic E-state index is 0.450. The summed E-state index contributed by atoms with van der Waals surface area (Å²) in [4.78, 5) is 0. The third kappa shape index (κ3) is 3.36. The fourth-order valence-electron chi connectivity index (χ4n) is 1.87. The lowest BCUT2D eigenvalue weighted by atomic mass is 9.99. The number of sulfone groups is 1. The first kappa shape index (κ1) is 16.2. The van der Waals surface area contributed by atoms with Crippen molar-refractivity contribution in [2.24, 2.45) is 5.73 Å². The van der Waals surface area contributed by atoms with Crippen LogP contribution >= 0.6 is 0 Å². The Balaban J connectivity index is 3.00. The van der Waals surface area contributed by atoms with Gasteiger partial charge in [0.2, 0.25) is 0 Å². The second kappa shape index (κ2) is 5.63. The fourth-order valence-corrected chi connectivity index (χ4v) is 2.51. The zero-order valence-electron chi connectivity index (χ0n) is 12.5. The van der Waals surface area contributed by atoms with Crippen molar-refractivity contribution in [3.63, 3.8) is 0 Å². The van der Waals surface area contributed by atoms with Gasteiger partial charge in [0.1, 0.15) is 0 Å². The van der Waals surface area contributed by atoms with Crippen LogP contribution in [0.15, 0.2) is 6.07 Å². The molecule has 0 aromatic carbocycles. The monoisotopic (exact) mass is 287 g/mol. The van der Waals surface area contributed by atoms with E-state index in [0.717, 1.165) is 24.4 Å². The Labute approximate surface area is 116 Å². The van der Waals surface area contributed by atoms with Gasteiger partial charge in [-0.2, -0.15) is 5.10 Å². The maximum absolute atomic E-state index is 11.8. The minimum atomic E-state index is -3.19. The fraction of sp³-hybridized carbons (Fsp3) is 0.769. The minimum Gasteiger partial charge on any atom is -0.326 e. The van der Waals surface area contributed by atoms with E-state index in [1.54, 1.807) is 13.8 Å². The third-order valence-electron chi connectivity index (χ3n) is 3.85. The smallest absolute Gasteiger partial charge is 0.154 e. The molecule has 2 N–H and O–H groups in total. The van der Waals surface area contributed by atoms with E-state index in [2.05, 4.69) is 5.10 Å². The quantitative estimate of drug-likeness (QED) is 0.851. The number of hydrogen-bond donors (Lipinski definition) is 1. The van der Waals surface area contributed by atoms with E-state index in [-0.39, 0.29) is 0 Å². The lowest BCUT2D eigenvalue weighted by Crippen LogP contribution is -2.50. The second-order valence-corrected chi connectivity index (χ2v) is 8.08. The van der Waals surface area contributed by atoms with Gasteiger partial charge >= 0.3 is 0 Å². The van der Waals surface area contributed by atoms with E-state index >= 15 is 0 Å². The zero-order chi connectivity index (χ0) is 14.8. The summed E-state index contributed by atoms with van der Waals surface area (Å²) in [6, 6.07) is 1.57. The van der Waals surface area contributed by atoms with Gasteiger partial charge in [-0.1, -0.05) is 6.92 Å². The summed E-state index contributed by atoms with van der Waals surface area (Å²) in [6.07, 6.45) is 2.62. The summed E-state index contributed by atoms with van der Waals surface area (Å²) in [5, 5.41) is 4.46. The highest BCUT2D eigenvalue weighted by Crippen LogP contribution is 2.22. The van der Waals surface area contributed by atoms with E-state index in [1.165, 1.54) is 6.26 Å². The predicted octanol–water partition coefficient (Wildman–Crippen LogP) is 1.16. The normalized spacial score (nSPS) is 14.6. The number of nitrogens with zero attached hydrogens (tertiary/aromatic N) is 2. The predicted molar refractivity (Wildman–Crippen MR) is 77.9 cm³/mol. The van der Waals surface area contributed by atoms with E-state index in [9.17, 15) is 8.42 Å². The topological polar surface area (TPSA) is 78.0 Å². The van der Waals surface area contributed by atoms with Crippen LogP contribution in [0.2, 0.25) is 0 Å². The van der Waals surface area contributed by atoms with Crippen LogP contribution in [0.5, 0.6) is 0 Å². The van der Waals surface area contributed by atoms with Gasteiger partial charge in [-0.15, -0.1) is 0 Å². The third-order valence-corrected chi connectivity index (χ3v) is 6.07. The first-order valence-electron chi connectivity index (χ1n) is 6.64. The van der Waals surface area contributed by atoms with E-state index in [4.69, 9.17) is 5.73 Å². The Kier molecular flexibility index (Phi) is 4.79. The molecule has 0 saturated carbocycles.